The van der Waals surface area contributed by atoms with Crippen molar-refractivity contribution in [3.05, 3.63) is 39.2 Å². The monoisotopic (exact) mass is 345 g/mol. The van der Waals surface area contributed by atoms with E-state index < -0.39 is 18.4 Å². The maximum absolute atomic E-state index is 12.2. The maximum Gasteiger partial charge on any atom is 0.339 e. The molecule has 0 spiro atoms. The number of hydrogen-bond donors (Lipinski definition) is 2. The molecule has 25 heavy (non-hydrogen) atoms. The zero-order valence-electron chi connectivity index (χ0n) is 13.9. The first-order valence-corrected chi connectivity index (χ1v) is 8.17. The zero-order chi connectivity index (χ0) is 18.0. The van der Waals surface area contributed by atoms with E-state index in [9.17, 15) is 14.4 Å². The first-order valence-electron chi connectivity index (χ1n) is 8.17. The number of fused-ring (bicyclic) bond motifs is 3. The summed E-state index contributed by atoms with van der Waals surface area (Å²) in [6.45, 7) is 1.000. The minimum Gasteiger partial charge on any atom is -0.483 e. The third-order valence-electron chi connectivity index (χ3n) is 4.39. The van der Waals surface area contributed by atoms with Crippen molar-refractivity contribution in [2.45, 2.75) is 32.6 Å². The Kier molecular flexibility index (Phi) is 4.74. The van der Waals surface area contributed by atoms with Crippen molar-refractivity contribution in [1.29, 1.82) is 0 Å². The van der Waals surface area contributed by atoms with Crippen LogP contribution in [0.3, 0.4) is 0 Å². The number of aryl methyl sites for hydroxylation is 2. The Labute approximate surface area is 143 Å². The molecule has 0 radical (unpaired) electrons. The first kappa shape index (κ1) is 17.0. The second-order valence-corrected chi connectivity index (χ2v) is 6.08. The SMILES string of the molecule is Cc1c(OCC(=O)NCC(=O)O)ccc2c3c(c(=O)oc12)CCCC3. The van der Waals surface area contributed by atoms with E-state index in [0.29, 0.717) is 16.9 Å². The lowest BCUT2D eigenvalue weighted by molar-refractivity contribution is -0.138. The van der Waals surface area contributed by atoms with E-state index in [0.717, 1.165) is 42.2 Å². The molecule has 3 rings (SSSR count). The zero-order valence-corrected chi connectivity index (χ0v) is 13.9. The molecular formula is C18H19NO6. The molecule has 0 unspecified atom stereocenters. The molecule has 0 fully saturated rings. The predicted octanol–water partition coefficient (Wildman–Crippen LogP) is 1.56. The highest BCUT2D eigenvalue weighted by molar-refractivity contribution is 5.86. The fourth-order valence-corrected chi connectivity index (χ4v) is 3.15. The molecule has 1 aliphatic rings. The molecule has 0 atom stereocenters. The van der Waals surface area contributed by atoms with Crippen molar-refractivity contribution in [3.63, 3.8) is 0 Å². The highest BCUT2D eigenvalue weighted by Crippen LogP contribution is 2.32. The first-order chi connectivity index (χ1) is 12.0. The van der Waals surface area contributed by atoms with Crippen LogP contribution in [0, 0.1) is 6.92 Å². The number of amides is 1. The summed E-state index contributed by atoms with van der Waals surface area (Å²) < 4.78 is 11.0. The molecule has 0 saturated carbocycles. The quantitative estimate of drug-likeness (QED) is 0.797. The molecule has 1 heterocycles. The lowest BCUT2D eigenvalue weighted by Crippen LogP contribution is -2.33. The van der Waals surface area contributed by atoms with Gasteiger partial charge in [-0.25, -0.2) is 4.79 Å². The number of carboxylic acids is 1. The van der Waals surface area contributed by atoms with Crippen LogP contribution in [0.5, 0.6) is 5.75 Å². The summed E-state index contributed by atoms with van der Waals surface area (Å²) in [6.07, 6.45) is 3.64. The number of rotatable bonds is 5. The topological polar surface area (TPSA) is 106 Å². The highest BCUT2D eigenvalue weighted by Gasteiger charge is 2.20. The van der Waals surface area contributed by atoms with E-state index in [-0.39, 0.29) is 12.2 Å². The molecule has 1 aliphatic carbocycles. The molecule has 0 bridgehead atoms. The van der Waals surface area contributed by atoms with Crippen molar-refractivity contribution in [3.8, 4) is 5.75 Å². The average Bonchev–Trinajstić information content (AvgIpc) is 2.60. The summed E-state index contributed by atoms with van der Waals surface area (Å²) in [6, 6.07) is 3.59. The van der Waals surface area contributed by atoms with Crippen LogP contribution < -0.4 is 15.7 Å². The normalized spacial score (nSPS) is 13.3. The van der Waals surface area contributed by atoms with Crippen molar-refractivity contribution in [2.24, 2.45) is 0 Å². The second kappa shape index (κ2) is 6.96. The van der Waals surface area contributed by atoms with Gasteiger partial charge in [-0.3, -0.25) is 9.59 Å². The van der Waals surface area contributed by atoms with Gasteiger partial charge in [0.05, 0.1) is 0 Å². The van der Waals surface area contributed by atoms with Crippen LogP contribution in [-0.4, -0.2) is 30.1 Å². The molecule has 0 aliphatic heterocycles. The number of aliphatic carboxylic acids is 1. The predicted molar refractivity (Wildman–Crippen MR) is 90.0 cm³/mol. The fourth-order valence-electron chi connectivity index (χ4n) is 3.15. The Bertz CT molecular complexity index is 899. The Balaban J connectivity index is 1.86. The molecule has 0 saturated heterocycles. The van der Waals surface area contributed by atoms with Crippen LogP contribution in [0.2, 0.25) is 0 Å². The highest BCUT2D eigenvalue weighted by atomic mass is 16.5. The van der Waals surface area contributed by atoms with Gasteiger partial charge in [-0.2, -0.15) is 0 Å². The van der Waals surface area contributed by atoms with Crippen molar-refractivity contribution >= 4 is 22.8 Å². The van der Waals surface area contributed by atoms with Crippen molar-refractivity contribution in [1.82, 2.24) is 5.32 Å². The second-order valence-electron chi connectivity index (χ2n) is 6.08. The van der Waals surface area contributed by atoms with Crippen LogP contribution in [0.25, 0.3) is 11.0 Å². The Hall–Kier alpha value is -2.83. The number of carbonyl (C=O) groups excluding carboxylic acids is 1. The molecule has 132 valence electrons. The summed E-state index contributed by atoms with van der Waals surface area (Å²) in [5.41, 5.74) is 2.64. The van der Waals surface area contributed by atoms with E-state index in [1.807, 2.05) is 6.07 Å². The molecule has 2 aromatic rings. The van der Waals surface area contributed by atoms with Crippen LogP contribution in [0.4, 0.5) is 0 Å². The summed E-state index contributed by atoms with van der Waals surface area (Å²) >= 11 is 0. The summed E-state index contributed by atoms with van der Waals surface area (Å²) in [7, 11) is 0. The largest absolute Gasteiger partial charge is 0.483 e. The smallest absolute Gasteiger partial charge is 0.339 e. The number of carboxylic acid groups (broad SMARTS) is 1. The standard InChI is InChI=1S/C18H19NO6/c1-10-14(24-9-15(20)19-8-16(21)22)7-6-12-11-4-2-3-5-13(11)18(23)25-17(10)12/h6-7H,2-5,8-9H2,1H3,(H,19,20)(H,21,22). The lowest BCUT2D eigenvalue weighted by Gasteiger charge is -2.17. The van der Waals surface area contributed by atoms with E-state index in [1.165, 1.54) is 0 Å². The number of carbonyl (C=O) groups is 2. The van der Waals surface area contributed by atoms with Gasteiger partial charge in [0, 0.05) is 16.5 Å². The molecule has 2 N–H and O–H groups in total. The third kappa shape index (κ3) is 3.50. The van der Waals surface area contributed by atoms with Crippen LogP contribution >= 0.6 is 0 Å². The summed E-state index contributed by atoms with van der Waals surface area (Å²) in [4.78, 5) is 34.2. The fraction of sp³-hybridized carbons (Fsp3) is 0.389. The molecular weight excluding hydrogens is 326 g/mol. The van der Waals surface area contributed by atoms with Gasteiger partial charge < -0.3 is 19.6 Å². The van der Waals surface area contributed by atoms with Crippen LogP contribution in [0.15, 0.2) is 21.3 Å². The van der Waals surface area contributed by atoms with E-state index in [1.54, 1.807) is 13.0 Å². The Morgan fingerprint density at radius 3 is 2.68 bits per heavy atom. The molecule has 7 heteroatoms. The van der Waals surface area contributed by atoms with Crippen LogP contribution in [0.1, 0.15) is 29.5 Å². The van der Waals surface area contributed by atoms with Gasteiger partial charge in [0.25, 0.3) is 5.91 Å². The summed E-state index contributed by atoms with van der Waals surface area (Å²) in [5.74, 6) is -1.23. The number of ether oxygens (including phenoxy) is 1. The number of nitrogens with one attached hydrogen (secondary N) is 1. The minimum atomic E-state index is -1.12. The van der Waals surface area contributed by atoms with Crippen LogP contribution in [-0.2, 0) is 22.4 Å². The van der Waals surface area contributed by atoms with Crippen molar-refractivity contribution < 1.29 is 23.8 Å². The molecule has 1 aromatic heterocycles. The third-order valence-corrected chi connectivity index (χ3v) is 4.39. The van der Waals surface area contributed by atoms with Crippen molar-refractivity contribution in [2.75, 3.05) is 13.2 Å². The maximum atomic E-state index is 12.2. The van der Waals surface area contributed by atoms with Gasteiger partial charge in [-0.05, 0) is 50.3 Å². The Morgan fingerprint density at radius 2 is 1.96 bits per heavy atom. The van der Waals surface area contributed by atoms with Gasteiger partial charge >= 0.3 is 11.6 Å². The van der Waals surface area contributed by atoms with Gasteiger partial charge in [0.2, 0.25) is 0 Å². The summed E-state index contributed by atoms with van der Waals surface area (Å²) in [5, 5.41) is 11.7. The van der Waals surface area contributed by atoms with Gasteiger partial charge in [0.1, 0.15) is 17.9 Å². The number of hydrogen-bond acceptors (Lipinski definition) is 5. The molecule has 1 amide bonds. The molecule has 1 aromatic carbocycles. The minimum absolute atomic E-state index is 0.304. The van der Waals surface area contributed by atoms with Gasteiger partial charge in [-0.15, -0.1) is 0 Å². The lowest BCUT2D eigenvalue weighted by atomic mass is 9.90. The van der Waals surface area contributed by atoms with E-state index in [2.05, 4.69) is 5.32 Å². The van der Waals surface area contributed by atoms with E-state index >= 15 is 0 Å². The number of benzene rings is 1. The average molecular weight is 345 g/mol. The Morgan fingerprint density at radius 1 is 1.24 bits per heavy atom. The van der Waals surface area contributed by atoms with E-state index in [4.69, 9.17) is 14.3 Å². The van der Waals surface area contributed by atoms with Gasteiger partial charge in [0.15, 0.2) is 6.61 Å². The van der Waals surface area contributed by atoms with Gasteiger partial charge in [-0.1, -0.05) is 0 Å². The molecule has 7 nitrogen and oxygen atoms in total.